The predicted molar refractivity (Wildman–Crippen MR) is 56.8 cm³/mol. The number of carbonyl (C=O) groups excluding carboxylic acids is 1. The van der Waals surface area contributed by atoms with Crippen molar-refractivity contribution in [3.05, 3.63) is 17.5 Å². The second-order valence-corrected chi connectivity index (χ2v) is 4.12. The molecule has 2 heterocycles. The summed E-state index contributed by atoms with van der Waals surface area (Å²) in [4.78, 5) is 20.9. The number of hydrogen-bond donors (Lipinski definition) is 1. The van der Waals surface area contributed by atoms with E-state index in [4.69, 9.17) is 11.6 Å². The smallest absolute Gasteiger partial charge is 0.229 e. The molecule has 0 radical (unpaired) electrons. The van der Waals surface area contributed by atoms with Crippen molar-refractivity contribution >= 4 is 36.0 Å². The van der Waals surface area contributed by atoms with Gasteiger partial charge in [0, 0.05) is 30.6 Å². The Hall–Kier alpha value is -0.810. The van der Waals surface area contributed by atoms with Crippen LogP contribution in [0.3, 0.4) is 0 Å². The van der Waals surface area contributed by atoms with Crippen LogP contribution < -0.4 is 4.90 Å². The molecule has 1 saturated heterocycles. The molecule has 4 nitrogen and oxygen atoms in total. The van der Waals surface area contributed by atoms with Gasteiger partial charge < -0.3 is 0 Å². The van der Waals surface area contributed by atoms with Gasteiger partial charge in [0.15, 0.2) is 11.0 Å². The molecule has 1 amide bonds. The fourth-order valence-electron chi connectivity index (χ4n) is 1.39. The summed E-state index contributed by atoms with van der Waals surface area (Å²) in [5.41, 5.74) is 0. The van der Waals surface area contributed by atoms with E-state index in [0.717, 1.165) is 0 Å². The molecule has 0 spiro atoms. The molecule has 1 aliphatic heterocycles. The number of halogens is 1. The summed E-state index contributed by atoms with van der Waals surface area (Å²) in [6, 6.07) is 0. The summed E-state index contributed by atoms with van der Waals surface area (Å²) < 4.78 is 0. The monoisotopic (exact) mass is 229 g/mol. The molecule has 0 bridgehead atoms. The summed E-state index contributed by atoms with van der Waals surface area (Å²) in [7, 11) is 0. The highest BCUT2D eigenvalue weighted by Gasteiger charge is 2.30. The van der Waals surface area contributed by atoms with Crippen LogP contribution in [-0.4, -0.2) is 27.7 Å². The van der Waals surface area contributed by atoms with Gasteiger partial charge in [-0.25, -0.2) is 9.97 Å². The highest BCUT2D eigenvalue weighted by atomic mass is 35.5. The lowest BCUT2D eigenvalue weighted by Crippen LogP contribution is -2.26. The van der Waals surface area contributed by atoms with Gasteiger partial charge in [-0.3, -0.25) is 9.69 Å². The van der Waals surface area contributed by atoms with E-state index in [-0.39, 0.29) is 16.3 Å². The van der Waals surface area contributed by atoms with Crippen molar-refractivity contribution < 1.29 is 4.79 Å². The number of rotatable bonds is 1. The molecule has 1 aromatic heterocycles. The summed E-state index contributed by atoms with van der Waals surface area (Å²) in [6.45, 7) is 0.542. The van der Waals surface area contributed by atoms with Gasteiger partial charge in [0.2, 0.25) is 5.91 Å². The van der Waals surface area contributed by atoms with Gasteiger partial charge >= 0.3 is 0 Å². The van der Waals surface area contributed by atoms with Crippen molar-refractivity contribution in [1.29, 1.82) is 0 Å². The van der Waals surface area contributed by atoms with E-state index in [1.807, 2.05) is 0 Å². The number of carbonyl (C=O) groups is 1. The zero-order chi connectivity index (χ0) is 10.1. The number of aromatic nitrogens is 2. The van der Waals surface area contributed by atoms with Crippen molar-refractivity contribution in [3.8, 4) is 0 Å². The average molecular weight is 230 g/mol. The lowest BCUT2D eigenvalue weighted by atomic mass is 10.4. The molecule has 1 aromatic rings. The summed E-state index contributed by atoms with van der Waals surface area (Å²) in [5, 5.41) is 0.309. The van der Waals surface area contributed by atoms with Gasteiger partial charge in [0.05, 0.1) is 0 Å². The minimum Gasteiger partial charge on any atom is -0.293 e. The Labute approximate surface area is 91.7 Å². The molecule has 0 saturated carbocycles. The SMILES string of the molecule is O=C1CC(S)CN1c1nccnc1Cl. The van der Waals surface area contributed by atoms with Crippen LogP contribution in [0.25, 0.3) is 0 Å². The molecule has 1 fully saturated rings. The molecule has 6 heteroatoms. The minimum atomic E-state index is -0.00704. The number of amides is 1. The van der Waals surface area contributed by atoms with Crippen LogP contribution in [-0.2, 0) is 4.79 Å². The van der Waals surface area contributed by atoms with E-state index in [1.165, 1.54) is 17.3 Å². The molecule has 1 aliphatic rings. The lowest BCUT2D eigenvalue weighted by Gasteiger charge is -2.14. The Kier molecular flexibility index (Phi) is 2.60. The van der Waals surface area contributed by atoms with Crippen LogP contribution in [0.1, 0.15) is 6.42 Å². The zero-order valence-corrected chi connectivity index (χ0v) is 8.87. The van der Waals surface area contributed by atoms with Gasteiger partial charge in [0.1, 0.15) is 0 Å². The minimum absolute atomic E-state index is 0.00704. The zero-order valence-electron chi connectivity index (χ0n) is 7.22. The van der Waals surface area contributed by atoms with E-state index >= 15 is 0 Å². The molecule has 14 heavy (non-hydrogen) atoms. The maximum atomic E-state index is 11.5. The molecule has 1 unspecified atom stereocenters. The molecular weight excluding hydrogens is 222 g/mol. The maximum Gasteiger partial charge on any atom is 0.229 e. The largest absolute Gasteiger partial charge is 0.293 e. The Morgan fingerprint density at radius 1 is 1.50 bits per heavy atom. The van der Waals surface area contributed by atoms with Crippen LogP contribution in [0.2, 0.25) is 5.15 Å². The normalized spacial score (nSPS) is 21.7. The Morgan fingerprint density at radius 2 is 2.21 bits per heavy atom. The third kappa shape index (κ3) is 1.69. The fraction of sp³-hybridized carbons (Fsp3) is 0.375. The molecule has 1 atom stereocenters. The van der Waals surface area contributed by atoms with Crippen molar-refractivity contribution in [1.82, 2.24) is 9.97 Å². The predicted octanol–water partition coefficient (Wildman–Crippen LogP) is 1.17. The second-order valence-electron chi connectivity index (χ2n) is 3.03. The highest BCUT2D eigenvalue weighted by Crippen LogP contribution is 2.26. The highest BCUT2D eigenvalue weighted by molar-refractivity contribution is 7.81. The van der Waals surface area contributed by atoms with Gasteiger partial charge in [-0.05, 0) is 0 Å². The van der Waals surface area contributed by atoms with Crippen molar-refractivity contribution in [2.75, 3.05) is 11.4 Å². The quantitative estimate of drug-likeness (QED) is 0.736. The molecular formula is C8H8ClN3OS. The third-order valence-electron chi connectivity index (χ3n) is 2.00. The van der Waals surface area contributed by atoms with E-state index in [9.17, 15) is 4.79 Å². The van der Waals surface area contributed by atoms with Crippen LogP contribution >= 0.6 is 24.2 Å². The van der Waals surface area contributed by atoms with Crippen LogP contribution in [0, 0.1) is 0 Å². The third-order valence-corrected chi connectivity index (χ3v) is 2.61. The molecule has 0 aliphatic carbocycles. The first-order valence-corrected chi connectivity index (χ1v) is 5.03. The molecule has 0 aromatic carbocycles. The number of nitrogens with zero attached hydrogens (tertiary/aromatic N) is 3. The second kappa shape index (κ2) is 3.74. The Bertz CT molecular complexity index is 373. The van der Waals surface area contributed by atoms with E-state index in [2.05, 4.69) is 22.6 Å². The fourth-order valence-corrected chi connectivity index (χ4v) is 1.91. The number of thiol groups is 1. The van der Waals surface area contributed by atoms with Crippen LogP contribution in [0.5, 0.6) is 0 Å². The first kappa shape index (κ1) is 9.73. The first-order chi connectivity index (χ1) is 6.68. The standard InChI is InChI=1S/C8H8ClN3OS/c9-7-8(11-2-1-10-7)12-4-5(14)3-6(12)13/h1-2,5,14H,3-4H2. The summed E-state index contributed by atoms with van der Waals surface area (Å²) >= 11 is 10.1. The number of hydrogen-bond acceptors (Lipinski definition) is 4. The van der Waals surface area contributed by atoms with Gasteiger partial charge in [-0.1, -0.05) is 11.6 Å². The van der Waals surface area contributed by atoms with Crippen molar-refractivity contribution in [2.24, 2.45) is 0 Å². The van der Waals surface area contributed by atoms with E-state index < -0.39 is 0 Å². The van der Waals surface area contributed by atoms with Crippen molar-refractivity contribution in [2.45, 2.75) is 11.7 Å². The summed E-state index contributed by atoms with van der Waals surface area (Å²) in [6.07, 6.45) is 3.43. The van der Waals surface area contributed by atoms with Crippen LogP contribution in [0.15, 0.2) is 12.4 Å². The topological polar surface area (TPSA) is 46.1 Å². The van der Waals surface area contributed by atoms with Crippen molar-refractivity contribution in [3.63, 3.8) is 0 Å². The summed E-state index contributed by atoms with van der Waals surface area (Å²) in [5.74, 6) is 0.420. The molecule has 74 valence electrons. The first-order valence-electron chi connectivity index (χ1n) is 4.13. The lowest BCUT2D eigenvalue weighted by molar-refractivity contribution is -0.117. The van der Waals surface area contributed by atoms with Gasteiger partial charge in [0.25, 0.3) is 0 Å². The van der Waals surface area contributed by atoms with E-state index in [1.54, 1.807) is 0 Å². The Morgan fingerprint density at radius 3 is 2.79 bits per heavy atom. The van der Waals surface area contributed by atoms with Crippen LogP contribution in [0.4, 0.5) is 5.82 Å². The number of anilines is 1. The molecule has 2 rings (SSSR count). The van der Waals surface area contributed by atoms with E-state index in [0.29, 0.717) is 18.8 Å². The average Bonchev–Trinajstić information content (AvgIpc) is 2.46. The Balaban J connectivity index is 2.32. The van der Waals surface area contributed by atoms with Gasteiger partial charge in [-0.15, -0.1) is 0 Å². The van der Waals surface area contributed by atoms with Gasteiger partial charge in [-0.2, -0.15) is 12.6 Å². The maximum absolute atomic E-state index is 11.5. The molecule has 0 N–H and O–H groups in total.